The zero-order valence-corrected chi connectivity index (χ0v) is 17.3. The fourth-order valence-corrected chi connectivity index (χ4v) is 3.42. The second-order valence-corrected chi connectivity index (χ2v) is 7.13. The summed E-state index contributed by atoms with van der Waals surface area (Å²) in [7, 11) is 3.46. The number of nitrogens with zero attached hydrogens (tertiary/aromatic N) is 2. The second-order valence-electron chi connectivity index (χ2n) is 7.13. The van der Waals surface area contributed by atoms with E-state index in [1.165, 1.54) is 38.9 Å². The third kappa shape index (κ3) is 7.29. The molecule has 6 heteroatoms. The fourth-order valence-electron chi connectivity index (χ4n) is 3.42. The van der Waals surface area contributed by atoms with Crippen molar-refractivity contribution in [1.29, 1.82) is 0 Å². The molecule has 1 aliphatic heterocycles. The SMILES string of the molecule is CCN1CCC(CCNC(=NC)NCC(C)Oc2ccccc2OC)CC1. The molecule has 2 N–H and O–H groups in total. The molecule has 1 aromatic rings. The number of hydrogen-bond acceptors (Lipinski definition) is 4. The van der Waals surface area contributed by atoms with Gasteiger partial charge in [-0.1, -0.05) is 19.1 Å². The highest BCUT2D eigenvalue weighted by Crippen LogP contribution is 2.26. The summed E-state index contributed by atoms with van der Waals surface area (Å²) in [4.78, 5) is 6.85. The predicted molar refractivity (Wildman–Crippen MR) is 112 cm³/mol. The molecule has 6 nitrogen and oxygen atoms in total. The number of rotatable bonds is 9. The number of methoxy groups -OCH3 is 1. The maximum Gasteiger partial charge on any atom is 0.191 e. The topological polar surface area (TPSA) is 58.1 Å². The van der Waals surface area contributed by atoms with Gasteiger partial charge in [0.15, 0.2) is 17.5 Å². The summed E-state index contributed by atoms with van der Waals surface area (Å²) in [6, 6.07) is 7.71. The van der Waals surface area contributed by atoms with E-state index in [0.29, 0.717) is 6.54 Å². The molecule has 0 aliphatic carbocycles. The highest BCUT2D eigenvalue weighted by Gasteiger charge is 2.17. The third-order valence-electron chi connectivity index (χ3n) is 5.18. The molecule has 0 saturated carbocycles. The Morgan fingerprint density at radius 1 is 1.22 bits per heavy atom. The van der Waals surface area contributed by atoms with Gasteiger partial charge >= 0.3 is 0 Å². The van der Waals surface area contributed by atoms with Crippen LogP contribution in [0.3, 0.4) is 0 Å². The molecule has 0 spiro atoms. The van der Waals surface area contributed by atoms with Gasteiger partial charge in [-0.25, -0.2) is 0 Å². The molecule has 1 heterocycles. The molecule has 27 heavy (non-hydrogen) atoms. The summed E-state index contributed by atoms with van der Waals surface area (Å²) in [5.41, 5.74) is 0. The quantitative estimate of drug-likeness (QED) is 0.513. The summed E-state index contributed by atoms with van der Waals surface area (Å²) in [6.45, 7) is 9.57. The van der Waals surface area contributed by atoms with E-state index in [2.05, 4.69) is 27.4 Å². The zero-order chi connectivity index (χ0) is 19.5. The smallest absolute Gasteiger partial charge is 0.191 e. The van der Waals surface area contributed by atoms with Crippen molar-refractivity contribution in [3.05, 3.63) is 24.3 Å². The molecule has 0 radical (unpaired) electrons. The van der Waals surface area contributed by atoms with Gasteiger partial charge in [-0.2, -0.15) is 0 Å². The highest BCUT2D eigenvalue weighted by atomic mass is 16.5. The van der Waals surface area contributed by atoms with Gasteiger partial charge in [-0.15, -0.1) is 0 Å². The Morgan fingerprint density at radius 2 is 1.93 bits per heavy atom. The van der Waals surface area contributed by atoms with Gasteiger partial charge in [0.25, 0.3) is 0 Å². The minimum Gasteiger partial charge on any atom is -0.493 e. The van der Waals surface area contributed by atoms with Gasteiger partial charge in [-0.3, -0.25) is 4.99 Å². The average molecular weight is 377 g/mol. The minimum atomic E-state index is -0.00165. The van der Waals surface area contributed by atoms with Crippen LogP contribution in [0.1, 0.15) is 33.1 Å². The Kier molecular flexibility index (Phi) is 9.25. The molecular formula is C21H36N4O2. The van der Waals surface area contributed by atoms with Gasteiger partial charge in [0.2, 0.25) is 0 Å². The molecule has 1 aliphatic rings. The Bertz CT molecular complexity index is 571. The molecule has 1 saturated heterocycles. The molecule has 1 atom stereocenters. The number of piperidine rings is 1. The van der Waals surface area contributed by atoms with E-state index in [0.717, 1.165) is 29.9 Å². The molecule has 1 aromatic carbocycles. The summed E-state index contributed by atoms with van der Waals surface area (Å²) >= 11 is 0. The van der Waals surface area contributed by atoms with Crippen LogP contribution in [0.25, 0.3) is 0 Å². The van der Waals surface area contributed by atoms with E-state index in [1.807, 2.05) is 31.2 Å². The van der Waals surface area contributed by atoms with Crippen LogP contribution in [-0.4, -0.2) is 63.8 Å². The largest absolute Gasteiger partial charge is 0.493 e. The van der Waals surface area contributed by atoms with E-state index in [9.17, 15) is 0 Å². The number of hydrogen-bond donors (Lipinski definition) is 2. The summed E-state index contributed by atoms with van der Waals surface area (Å²) in [5.74, 6) is 3.17. The van der Waals surface area contributed by atoms with Crippen molar-refractivity contribution in [1.82, 2.24) is 15.5 Å². The number of likely N-dealkylation sites (tertiary alicyclic amines) is 1. The molecule has 1 fully saturated rings. The van der Waals surface area contributed by atoms with Crippen LogP contribution in [0.5, 0.6) is 11.5 Å². The minimum absolute atomic E-state index is 0.00165. The zero-order valence-electron chi connectivity index (χ0n) is 17.3. The van der Waals surface area contributed by atoms with Gasteiger partial charge in [0.05, 0.1) is 13.7 Å². The molecule has 0 bridgehead atoms. The Hall–Kier alpha value is -1.95. The lowest BCUT2D eigenvalue weighted by molar-refractivity contribution is 0.187. The van der Waals surface area contributed by atoms with Crippen LogP contribution in [-0.2, 0) is 0 Å². The van der Waals surface area contributed by atoms with Crippen molar-refractivity contribution in [2.24, 2.45) is 10.9 Å². The van der Waals surface area contributed by atoms with E-state index >= 15 is 0 Å². The number of benzene rings is 1. The number of aliphatic imine (C=N–C) groups is 1. The molecule has 0 amide bonds. The van der Waals surface area contributed by atoms with Crippen LogP contribution in [0.15, 0.2) is 29.3 Å². The third-order valence-corrected chi connectivity index (χ3v) is 5.18. The molecule has 1 unspecified atom stereocenters. The monoisotopic (exact) mass is 376 g/mol. The summed E-state index contributed by atoms with van der Waals surface area (Å²) < 4.78 is 11.3. The predicted octanol–water partition coefficient (Wildman–Crippen LogP) is 2.75. The van der Waals surface area contributed by atoms with Crippen LogP contribution in [0.4, 0.5) is 0 Å². The standard InChI is InChI=1S/C21H36N4O2/c1-5-25-14-11-18(12-15-25)10-13-23-21(22-3)24-16-17(2)27-20-9-7-6-8-19(20)26-4/h6-9,17-18H,5,10-16H2,1-4H3,(H2,22,23,24). The molecular weight excluding hydrogens is 340 g/mol. The van der Waals surface area contributed by atoms with Gasteiger partial charge < -0.3 is 25.0 Å². The Morgan fingerprint density at radius 3 is 2.56 bits per heavy atom. The normalized spacial score (nSPS) is 17.4. The van der Waals surface area contributed by atoms with E-state index in [1.54, 1.807) is 14.2 Å². The highest BCUT2D eigenvalue weighted by molar-refractivity contribution is 5.79. The lowest BCUT2D eigenvalue weighted by Gasteiger charge is -2.31. The summed E-state index contributed by atoms with van der Waals surface area (Å²) in [5, 5.41) is 6.77. The van der Waals surface area contributed by atoms with Gasteiger partial charge in [-0.05, 0) is 63.9 Å². The fraction of sp³-hybridized carbons (Fsp3) is 0.667. The Balaban J connectivity index is 1.66. The average Bonchev–Trinajstić information content (AvgIpc) is 2.71. The van der Waals surface area contributed by atoms with Crippen LogP contribution < -0.4 is 20.1 Å². The maximum atomic E-state index is 5.98. The van der Waals surface area contributed by atoms with Crippen molar-refractivity contribution >= 4 is 5.96 Å². The van der Waals surface area contributed by atoms with Crippen molar-refractivity contribution in [2.75, 3.05) is 46.9 Å². The van der Waals surface area contributed by atoms with Crippen molar-refractivity contribution < 1.29 is 9.47 Å². The van der Waals surface area contributed by atoms with E-state index in [-0.39, 0.29) is 6.10 Å². The van der Waals surface area contributed by atoms with Gasteiger partial charge in [0.1, 0.15) is 6.10 Å². The van der Waals surface area contributed by atoms with Crippen LogP contribution in [0, 0.1) is 5.92 Å². The number of guanidine groups is 1. The molecule has 152 valence electrons. The van der Waals surface area contributed by atoms with Gasteiger partial charge in [0, 0.05) is 13.6 Å². The maximum absolute atomic E-state index is 5.98. The van der Waals surface area contributed by atoms with Crippen LogP contribution in [0.2, 0.25) is 0 Å². The first-order chi connectivity index (χ1) is 13.2. The Labute approximate surface area is 164 Å². The van der Waals surface area contributed by atoms with E-state index < -0.39 is 0 Å². The number of nitrogens with one attached hydrogen (secondary N) is 2. The first-order valence-electron chi connectivity index (χ1n) is 10.1. The van der Waals surface area contributed by atoms with Crippen LogP contribution >= 0.6 is 0 Å². The second kappa shape index (κ2) is 11.7. The molecule has 2 rings (SSSR count). The first kappa shape index (κ1) is 21.4. The summed E-state index contributed by atoms with van der Waals surface area (Å²) in [6.07, 6.45) is 3.82. The number of para-hydroxylation sites is 2. The number of ether oxygens (including phenoxy) is 2. The molecule has 0 aromatic heterocycles. The lowest BCUT2D eigenvalue weighted by atomic mass is 9.93. The van der Waals surface area contributed by atoms with Crippen molar-refractivity contribution in [3.8, 4) is 11.5 Å². The van der Waals surface area contributed by atoms with Crippen molar-refractivity contribution in [3.63, 3.8) is 0 Å². The van der Waals surface area contributed by atoms with E-state index in [4.69, 9.17) is 9.47 Å². The first-order valence-corrected chi connectivity index (χ1v) is 10.1. The van der Waals surface area contributed by atoms with Crippen molar-refractivity contribution in [2.45, 2.75) is 39.2 Å². The lowest BCUT2D eigenvalue weighted by Crippen LogP contribution is -2.42.